The molecule has 0 aliphatic carbocycles. The van der Waals surface area contributed by atoms with Crippen LogP contribution in [0.4, 0.5) is 0 Å². The molecule has 0 unspecified atom stereocenters. The maximum atomic E-state index is 3.83. The van der Waals surface area contributed by atoms with E-state index in [0.717, 1.165) is 0 Å². The van der Waals surface area contributed by atoms with E-state index in [-0.39, 0.29) is 0 Å². The summed E-state index contributed by atoms with van der Waals surface area (Å²) in [6.07, 6.45) is 6.11. The summed E-state index contributed by atoms with van der Waals surface area (Å²) in [5, 5.41) is 0. The maximum absolute atomic E-state index is 3.83. The van der Waals surface area contributed by atoms with E-state index >= 15 is 0 Å². The van der Waals surface area contributed by atoms with Crippen molar-refractivity contribution in [3.05, 3.63) is 59.5 Å². The Morgan fingerprint density at radius 1 is 1.47 bits per heavy atom. The van der Waals surface area contributed by atoms with Crippen LogP contribution in [0.3, 0.4) is 0 Å². The molecular formula is C14H17B. The second kappa shape index (κ2) is 5.50. The second-order valence-corrected chi connectivity index (χ2v) is 3.62. The molecule has 0 aliphatic heterocycles. The van der Waals surface area contributed by atoms with Crippen LogP contribution in [0, 0.1) is 6.92 Å². The molecule has 1 heteroatoms. The Balaban J connectivity index is 3.35. The number of hydrogen-bond donors (Lipinski definition) is 0. The van der Waals surface area contributed by atoms with E-state index in [0.29, 0.717) is 0 Å². The van der Waals surface area contributed by atoms with E-state index in [1.807, 2.05) is 13.0 Å². The van der Waals surface area contributed by atoms with Crippen molar-refractivity contribution in [2.45, 2.75) is 20.8 Å². The van der Waals surface area contributed by atoms with Crippen molar-refractivity contribution in [3.63, 3.8) is 0 Å². The first-order valence-corrected chi connectivity index (χ1v) is 5.22. The van der Waals surface area contributed by atoms with Gasteiger partial charge in [0.1, 0.15) is 0 Å². The zero-order valence-corrected chi connectivity index (χ0v) is 9.75. The average molecular weight is 196 g/mol. The summed E-state index contributed by atoms with van der Waals surface area (Å²) in [5.74, 6) is 2.07. The van der Waals surface area contributed by atoms with E-state index in [1.54, 1.807) is 0 Å². The first-order valence-electron chi connectivity index (χ1n) is 5.22. The van der Waals surface area contributed by atoms with Crippen molar-refractivity contribution >= 4 is 12.5 Å². The predicted molar refractivity (Wildman–Crippen MR) is 70.1 cm³/mol. The van der Waals surface area contributed by atoms with Crippen molar-refractivity contribution in [1.29, 1.82) is 0 Å². The van der Waals surface area contributed by atoms with Gasteiger partial charge in [-0.25, -0.2) is 0 Å². The molecule has 0 fully saturated rings. The Morgan fingerprint density at radius 2 is 2.20 bits per heavy atom. The fourth-order valence-corrected chi connectivity index (χ4v) is 1.59. The molecule has 0 nitrogen and oxygen atoms in total. The van der Waals surface area contributed by atoms with Crippen molar-refractivity contribution in [3.8, 4) is 0 Å². The Bertz CT molecular complexity index is 411. The van der Waals surface area contributed by atoms with Gasteiger partial charge >= 0.3 is 92.8 Å². The van der Waals surface area contributed by atoms with E-state index in [2.05, 4.69) is 57.6 Å². The van der Waals surface area contributed by atoms with Gasteiger partial charge in [0.25, 0.3) is 0 Å². The summed E-state index contributed by atoms with van der Waals surface area (Å²) in [6, 6.07) is 4.20. The summed E-state index contributed by atoms with van der Waals surface area (Å²) in [5.41, 5.74) is 5.05. The number of rotatable bonds is 3. The Morgan fingerprint density at radius 3 is 2.73 bits per heavy atom. The number of hydrogen-bond acceptors (Lipinski definition) is 0. The molecule has 76 valence electrons. The topological polar surface area (TPSA) is 0 Å². The van der Waals surface area contributed by atoms with Gasteiger partial charge in [0.15, 0.2) is 0 Å². The van der Waals surface area contributed by atoms with Gasteiger partial charge in [-0.3, -0.25) is 0 Å². The van der Waals surface area contributed by atoms with Crippen molar-refractivity contribution in [2.24, 2.45) is 0 Å². The van der Waals surface area contributed by atoms with Crippen LogP contribution < -0.4 is 0 Å². The summed E-state index contributed by atoms with van der Waals surface area (Å²) >= 11 is 0. The summed E-state index contributed by atoms with van der Waals surface area (Å²) in [6.45, 7) is 12.2. The molecule has 15 heavy (non-hydrogen) atoms. The monoisotopic (exact) mass is 196 g/mol. The normalized spacial score (nSPS) is 12.5. The molecule has 0 aliphatic rings. The standard InChI is InChI=1S/C14H17B/c1-5-8-13(11(3)6-2)14-12(4)9-7-10-15-14/h5-10H,2H2,1,3-4H3/b8-5-,13-11+. The summed E-state index contributed by atoms with van der Waals surface area (Å²) in [4.78, 5) is 0. The van der Waals surface area contributed by atoms with Gasteiger partial charge in [-0.15, -0.1) is 0 Å². The van der Waals surface area contributed by atoms with Gasteiger partial charge < -0.3 is 0 Å². The van der Waals surface area contributed by atoms with E-state index < -0.39 is 0 Å². The molecule has 0 bridgehead atoms. The number of allylic oxidation sites excluding steroid dienone is 5. The molecule has 0 spiro atoms. The van der Waals surface area contributed by atoms with E-state index in [9.17, 15) is 0 Å². The molecule has 0 saturated carbocycles. The van der Waals surface area contributed by atoms with Crippen molar-refractivity contribution in [2.75, 3.05) is 0 Å². The fourth-order valence-electron chi connectivity index (χ4n) is 1.59. The van der Waals surface area contributed by atoms with Crippen LogP contribution in [-0.4, -0.2) is 6.91 Å². The third kappa shape index (κ3) is 2.79. The average Bonchev–Trinajstić information content (AvgIpc) is 2.26. The fraction of sp³-hybridized carbons (Fsp3) is 0.214. The minimum atomic E-state index is 1.21. The molecule has 0 radical (unpaired) electrons. The van der Waals surface area contributed by atoms with Crippen LogP contribution in [0.5, 0.6) is 0 Å². The van der Waals surface area contributed by atoms with Crippen LogP contribution in [0.1, 0.15) is 24.9 Å². The molecule has 0 atom stereocenters. The Kier molecular flexibility index (Phi) is 4.29. The van der Waals surface area contributed by atoms with Crippen molar-refractivity contribution < 1.29 is 0 Å². The van der Waals surface area contributed by atoms with Crippen molar-refractivity contribution in [1.82, 2.24) is 0 Å². The third-order valence-corrected chi connectivity index (χ3v) is 2.50. The molecule has 1 aromatic rings. The van der Waals surface area contributed by atoms with Gasteiger partial charge in [-0.05, 0) is 0 Å². The van der Waals surface area contributed by atoms with Crippen LogP contribution >= 0.6 is 0 Å². The zero-order valence-electron chi connectivity index (χ0n) is 9.75. The first kappa shape index (κ1) is 11.7. The van der Waals surface area contributed by atoms with Crippen LogP contribution in [0.15, 0.2) is 48.5 Å². The molecule has 0 aromatic carbocycles. The van der Waals surface area contributed by atoms with Gasteiger partial charge in [-0.1, -0.05) is 0 Å². The quantitative estimate of drug-likeness (QED) is 0.643. The molecule has 1 rings (SSSR count). The summed E-state index contributed by atoms with van der Waals surface area (Å²) < 4.78 is 0. The first-order chi connectivity index (χ1) is 7.20. The van der Waals surface area contributed by atoms with E-state index in [1.165, 1.54) is 22.2 Å². The predicted octanol–water partition coefficient (Wildman–Crippen LogP) is 3.87. The van der Waals surface area contributed by atoms with E-state index in [4.69, 9.17) is 0 Å². The van der Waals surface area contributed by atoms with Gasteiger partial charge in [0.2, 0.25) is 0 Å². The van der Waals surface area contributed by atoms with Gasteiger partial charge in [-0.2, -0.15) is 0 Å². The second-order valence-electron chi connectivity index (χ2n) is 3.62. The minimum absolute atomic E-state index is 1.21. The Labute approximate surface area is 93.2 Å². The van der Waals surface area contributed by atoms with Gasteiger partial charge in [0.05, 0.1) is 0 Å². The molecule has 0 N–H and O–H groups in total. The zero-order chi connectivity index (χ0) is 11.3. The molecule has 0 saturated heterocycles. The summed E-state index contributed by atoms with van der Waals surface area (Å²) in [7, 11) is 0. The molecular weight excluding hydrogens is 179 g/mol. The van der Waals surface area contributed by atoms with Crippen LogP contribution in [0.25, 0.3) is 5.57 Å². The third-order valence-electron chi connectivity index (χ3n) is 2.50. The molecule has 1 heterocycles. The van der Waals surface area contributed by atoms with Crippen LogP contribution in [-0.2, 0) is 0 Å². The molecule has 0 amide bonds. The molecule has 1 aromatic heterocycles. The Hall–Kier alpha value is -1.37. The number of aryl methyl sites for hydroxylation is 1. The van der Waals surface area contributed by atoms with Crippen LogP contribution in [0.2, 0.25) is 0 Å². The van der Waals surface area contributed by atoms with Gasteiger partial charge in [0, 0.05) is 0 Å². The SMILES string of the molecule is C=C/C(C)=C(\C=C/C)c1bcccc1C.